The van der Waals surface area contributed by atoms with Crippen molar-refractivity contribution in [2.24, 2.45) is 11.7 Å². The first kappa shape index (κ1) is 15.5. The smallest absolute Gasteiger partial charge is 0.251 e. The molecule has 1 saturated carbocycles. The molecule has 2 aliphatic rings. The van der Waals surface area contributed by atoms with E-state index < -0.39 is 10.0 Å². The zero-order valence-corrected chi connectivity index (χ0v) is 13.2. The maximum absolute atomic E-state index is 12.6. The number of hydrogen-bond acceptors (Lipinski definition) is 4. The SMILES string of the molecule is NC[C@H]1CCC[C@@H]1NS(=O)(=O)c1ccc2c(c1)C(=O)NCC2. The zero-order chi connectivity index (χ0) is 15.7. The predicted molar refractivity (Wildman–Crippen MR) is 83.0 cm³/mol. The standard InChI is InChI=1S/C15H21N3O3S/c16-9-11-2-1-3-14(11)18-22(20,21)12-5-4-10-6-7-17-15(19)13(10)8-12/h4-5,8,11,14,18H,1-3,6-7,9,16H2,(H,17,19)/t11-,14+/m1/s1. The van der Waals surface area contributed by atoms with Crippen LogP contribution in [0.2, 0.25) is 0 Å². The number of carbonyl (C=O) groups excluding carboxylic acids is 1. The molecule has 7 heteroatoms. The molecule has 1 aromatic rings. The van der Waals surface area contributed by atoms with E-state index in [1.807, 2.05) is 0 Å². The maximum Gasteiger partial charge on any atom is 0.251 e. The molecule has 120 valence electrons. The number of benzene rings is 1. The van der Waals surface area contributed by atoms with Gasteiger partial charge in [-0.3, -0.25) is 4.79 Å². The van der Waals surface area contributed by atoms with Gasteiger partial charge in [-0.1, -0.05) is 12.5 Å². The Morgan fingerprint density at radius 2 is 2.14 bits per heavy atom. The third kappa shape index (κ3) is 2.88. The average Bonchev–Trinajstić information content (AvgIpc) is 2.94. The summed E-state index contributed by atoms with van der Waals surface area (Å²) in [5.41, 5.74) is 7.05. The van der Waals surface area contributed by atoms with Crippen molar-refractivity contribution in [3.63, 3.8) is 0 Å². The molecule has 0 saturated heterocycles. The van der Waals surface area contributed by atoms with E-state index in [9.17, 15) is 13.2 Å². The number of carbonyl (C=O) groups is 1. The van der Waals surface area contributed by atoms with E-state index in [-0.39, 0.29) is 22.8 Å². The normalized spacial score (nSPS) is 24.9. The molecule has 22 heavy (non-hydrogen) atoms. The van der Waals surface area contributed by atoms with Gasteiger partial charge in [-0.2, -0.15) is 0 Å². The van der Waals surface area contributed by atoms with Crippen LogP contribution in [0.3, 0.4) is 0 Å². The molecule has 1 aliphatic carbocycles. The van der Waals surface area contributed by atoms with Crippen LogP contribution in [0.1, 0.15) is 35.2 Å². The number of amides is 1. The molecule has 4 N–H and O–H groups in total. The summed E-state index contributed by atoms with van der Waals surface area (Å²) < 4.78 is 27.9. The second kappa shape index (κ2) is 5.98. The van der Waals surface area contributed by atoms with Gasteiger partial charge < -0.3 is 11.1 Å². The number of nitrogens with one attached hydrogen (secondary N) is 2. The van der Waals surface area contributed by atoms with Gasteiger partial charge in [0.2, 0.25) is 10.0 Å². The second-order valence-corrected chi connectivity index (χ2v) is 7.69. The molecule has 0 radical (unpaired) electrons. The Bertz CT molecular complexity index is 687. The highest BCUT2D eigenvalue weighted by atomic mass is 32.2. The fourth-order valence-corrected chi connectivity index (χ4v) is 4.66. The number of nitrogens with two attached hydrogens (primary N) is 1. The summed E-state index contributed by atoms with van der Waals surface area (Å²) in [6.07, 6.45) is 3.48. The lowest BCUT2D eigenvalue weighted by Crippen LogP contribution is -2.40. The zero-order valence-electron chi connectivity index (χ0n) is 12.3. The summed E-state index contributed by atoms with van der Waals surface area (Å²) >= 11 is 0. The Balaban J connectivity index is 1.86. The first-order chi connectivity index (χ1) is 10.5. The molecular formula is C15H21N3O3S. The molecule has 1 amide bonds. The Morgan fingerprint density at radius 1 is 1.32 bits per heavy atom. The lowest BCUT2D eigenvalue weighted by molar-refractivity contribution is 0.0945. The molecule has 0 aromatic heterocycles. The summed E-state index contributed by atoms with van der Waals surface area (Å²) in [6, 6.07) is 4.67. The van der Waals surface area contributed by atoms with E-state index in [0.717, 1.165) is 31.2 Å². The van der Waals surface area contributed by atoms with E-state index in [4.69, 9.17) is 5.73 Å². The van der Waals surface area contributed by atoms with E-state index in [1.54, 1.807) is 12.1 Å². The molecule has 0 bridgehead atoms. The van der Waals surface area contributed by atoms with Crippen LogP contribution in [0.15, 0.2) is 23.1 Å². The van der Waals surface area contributed by atoms with Gasteiger partial charge >= 0.3 is 0 Å². The van der Waals surface area contributed by atoms with Crippen molar-refractivity contribution < 1.29 is 13.2 Å². The van der Waals surface area contributed by atoms with Gasteiger partial charge in [-0.15, -0.1) is 0 Å². The minimum atomic E-state index is -3.63. The predicted octanol–water partition coefficient (Wildman–Crippen LogP) is 0.378. The Hall–Kier alpha value is -1.44. The minimum absolute atomic E-state index is 0.111. The van der Waals surface area contributed by atoms with Crippen LogP contribution in [0, 0.1) is 5.92 Å². The van der Waals surface area contributed by atoms with Crippen molar-refractivity contribution in [3.05, 3.63) is 29.3 Å². The molecule has 0 spiro atoms. The third-order valence-electron chi connectivity index (χ3n) is 4.58. The van der Waals surface area contributed by atoms with Crippen LogP contribution in [0.5, 0.6) is 0 Å². The van der Waals surface area contributed by atoms with Crippen LogP contribution in [-0.4, -0.2) is 33.5 Å². The molecule has 2 atom stereocenters. The fourth-order valence-electron chi connectivity index (χ4n) is 3.30. The molecule has 3 rings (SSSR count). The summed E-state index contributed by atoms with van der Waals surface area (Å²) in [5, 5.41) is 2.74. The summed E-state index contributed by atoms with van der Waals surface area (Å²) in [4.78, 5) is 12.0. The molecule has 6 nitrogen and oxygen atoms in total. The first-order valence-electron chi connectivity index (χ1n) is 7.65. The van der Waals surface area contributed by atoms with Gasteiger partial charge in [0.1, 0.15) is 0 Å². The number of hydrogen-bond donors (Lipinski definition) is 3. The van der Waals surface area contributed by atoms with Gasteiger partial charge in [-0.05, 0) is 49.4 Å². The molecule has 1 fully saturated rings. The molecule has 1 aromatic carbocycles. The topological polar surface area (TPSA) is 101 Å². The van der Waals surface area contributed by atoms with Gasteiger partial charge in [0.15, 0.2) is 0 Å². The summed E-state index contributed by atoms with van der Waals surface area (Å²) in [7, 11) is -3.63. The average molecular weight is 323 g/mol. The second-order valence-electron chi connectivity index (χ2n) is 5.98. The van der Waals surface area contributed by atoms with Gasteiger partial charge in [-0.25, -0.2) is 13.1 Å². The Kier molecular flexibility index (Phi) is 4.20. The van der Waals surface area contributed by atoms with Gasteiger partial charge in [0.05, 0.1) is 4.90 Å². The van der Waals surface area contributed by atoms with Crippen LogP contribution in [0.25, 0.3) is 0 Å². The minimum Gasteiger partial charge on any atom is -0.352 e. The highest BCUT2D eigenvalue weighted by Gasteiger charge is 2.31. The van der Waals surface area contributed by atoms with E-state index >= 15 is 0 Å². The quantitative estimate of drug-likeness (QED) is 0.745. The molecule has 0 unspecified atom stereocenters. The largest absolute Gasteiger partial charge is 0.352 e. The summed E-state index contributed by atoms with van der Waals surface area (Å²) in [5.74, 6) is -0.0188. The van der Waals surface area contributed by atoms with E-state index in [2.05, 4.69) is 10.0 Å². The number of rotatable bonds is 4. The van der Waals surface area contributed by atoms with Crippen LogP contribution in [-0.2, 0) is 16.4 Å². The van der Waals surface area contributed by atoms with E-state index in [1.165, 1.54) is 6.07 Å². The van der Waals surface area contributed by atoms with Crippen molar-refractivity contribution in [3.8, 4) is 0 Å². The lowest BCUT2D eigenvalue weighted by atomic mass is 10.0. The number of fused-ring (bicyclic) bond motifs is 1. The Labute approximate surface area is 130 Å². The van der Waals surface area contributed by atoms with Crippen LogP contribution >= 0.6 is 0 Å². The van der Waals surface area contributed by atoms with Crippen LogP contribution in [0.4, 0.5) is 0 Å². The van der Waals surface area contributed by atoms with Crippen molar-refractivity contribution in [2.45, 2.75) is 36.6 Å². The molecule has 1 aliphatic heterocycles. The molecule has 1 heterocycles. The highest BCUT2D eigenvalue weighted by molar-refractivity contribution is 7.89. The number of sulfonamides is 1. The third-order valence-corrected chi connectivity index (χ3v) is 6.07. The lowest BCUT2D eigenvalue weighted by Gasteiger charge is -2.21. The maximum atomic E-state index is 12.6. The monoisotopic (exact) mass is 323 g/mol. The van der Waals surface area contributed by atoms with Crippen molar-refractivity contribution in [1.82, 2.24) is 10.0 Å². The van der Waals surface area contributed by atoms with Crippen molar-refractivity contribution in [1.29, 1.82) is 0 Å². The van der Waals surface area contributed by atoms with Crippen LogP contribution < -0.4 is 15.8 Å². The first-order valence-corrected chi connectivity index (χ1v) is 9.13. The van der Waals surface area contributed by atoms with Crippen molar-refractivity contribution in [2.75, 3.05) is 13.1 Å². The Morgan fingerprint density at radius 3 is 2.91 bits per heavy atom. The molecular weight excluding hydrogens is 302 g/mol. The fraction of sp³-hybridized carbons (Fsp3) is 0.533. The summed E-state index contributed by atoms with van der Waals surface area (Å²) in [6.45, 7) is 1.08. The van der Waals surface area contributed by atoms with Gasteiger partial charge in [0.25, 0.3) is 5.91 Å². The highest BCUT2D eigenvalue weighted by Crippen LogP contribution is 2.27. The van der Waals surface area contributed by atoms with Gasteiger partial charge in [0, 0.05) is 18.2 Å². The van der Waals surface area contributed by atoms with E-state index in [0.29, 0.717) is 18.7 Å². The van der Waals surface area contributed by atoms with Crippen molar-refractivity contribution >= 4 is 15.9 Å².